The number of nitrogens with zero attached hydrogens (tertiary/aromatic N) is 8. The van der Waals surface area contributed by atoms with Crippen LogP contribution in [-0.4, -0.2) is 109 Å². The van der Waals surface area contributed by atoms with Gasteiger partial charge < -0.3 is 48.7 Å². The third kappa shape index (κ3) is 4.15. The maximum absolute atomic E-state index is 12.4. The minimum absolute atomic E-state index is 0.0172. The lowest BCUT2D eigenvalue weighted by Crippen LogP contribution is -2.46. The molecule has 4 aromatic rings. The number of rotatable bonds is 2. The molecule has 4 aromatic heterocycles. The first-order chi connectivity index (χ1) is 22.0. The van der Waals surface area contributed by atoms with Crippen molar-refractivity contribution in [2.75, 3.05) is 25.6 Å². The van der Waals surface area contributed by atoms with Crippen LogP contribution in [0.3, 0.4) is 0 Å². The molecule has 9 rings (SSSR count). The fourth-order valence-electron chi connectivity index (χ4n) is 7.38. The largest absolute Gasteiger partial charge is 0.388 e. The van der Waals surface area contributed by atoms with Gasteiger partial charge in [0.15, 0.2) is 28.9 Å². The molecular formula is C23H26N10O10P2S. The van der Waals surface area contributed by atoms with Crippen LogP contribution in [0.2, 0.25) is 0 Å². The van der Waals surface area contributed by atoms with Crippen molar-refractivity contribution in [3.8, 4) is 0 Å². The summed E-state index contributed by atoms with van der Waals surface area (Å²) in [6, 6.07) is -0.743. The minimum Gasteiger partial charge on any atom is -0.388 e. The second-order valence-electron chi connectivity index (χ2n) is 12.1. The van der Waals surface area contributed by atoms with Gasteiger partial charge in [-0.1, -0.05) is 5.21 Å². The molecule has 11 atom stereocenters. The third-order valence-corrected chi connectivity index (χ3v) is 11.8. The molecule has 0 amide bonds. The summed E-state index contributed by atoms with van der Waals surface area (Å²) in [4.78, 5) is 54.4. The first-order valence-electron chi connectivity index (χ1n) is 14.2. The van der Waals surface area contributed by atoms with Crippen LogP contribution in [0.4, 0.5) is 5.82 Å². The van der Waals surface area contributed by atoms with Crippen molar-refractivity contribution >= 4 is 55.3 Å². The zero-order chi connectivity index (χ0) is 31.7. The lowest BCUT2D eigenvalue weighted by molar-refractivity contribution is -0.183. The SMILES string of the molecule is Cc1nc2c(nnn2[C@H]2[C@H](O)[C@@H]3OP(O)OC[C@@]45CO[C@@H]([C@H](n6cnc7c(N)ncnc76)O4)[C@@H]5OP(O)(=S)OCC34C[C@H]24)c(=O)[nH]1. The maximum Gasteiger partial charge on any atom is 0.330 e. The number of aliphatic hydroxyl groups excluding tert-OH is 1. The van der Waals surface area contributed by atoms with Gasteiger partial charge in [0.05, 0.1) is 32.2 Å². The zero-order valence-electron chi connectivity index (χ0n) is 23.7. The van der Waals surface area contributed by atoms with Crippen molar-refractivity contribution in [3.63, 3.8) is 0 Å². The molecule has 2 bridgehead atoms. The fraction of sp³-hybridized carbons (Fsp3) is 0.609. The van der Waals surface area contributed by atoms with Gasteiger partial charge in [0.2, 0.25) is 0 Å². The summed E-state index contributed by atoms with van der Waals surface area (Å²) >= 11 is 5.48. The Morgan fingerprint density at radius 1 is 1.20 bits per heavy atom. The Balaban J connectivity index is 1.03. The van der Waals surface area contributed by atoms with Gasteiger partial charge >= 0.3 is 15.3 Å². The smallest absolute Gasteiger partial charge is 0.330 e. The van der Waals surface area contributed by atoms with Crippen molar-refractivity contribution in [3.05, 3.63) is 28.8 Å². The highest BCUT2D eigenvalue weighted by atomic mass is 32.5. The van der Waals surface area contributed by atoms with Crippen LogP contribution >= 0.6 is 15.3 Å². The Morgan fingerprint density at radius 2 is 2.04 bits per heavy atom. The highest BCUT2D eigenvalue weighted by molar-refractivity contribution is 8.07. The number of hydrogen-bond acceptors (Lipinski definition) is 17. The average molecular weight is 697 g/mol. The fourth-order valence-corrected chi connectivity index (χ4v) is 9.80. The number of H-pyrrole nitrogens is 1. The van der Waals surface area contributed by atoms with Crippen molar-refractivity contribution < 1.29 is 42.5 Å². The Labute approximate surface area is 263 Å². The van der Waals surface area contributed by atoms with Crippen molar-refractivity contribution in [2.45, 2.75) is 55.6 Å². The van der Waals surface area contributed by atoms with Gasteiger partial charge in [-0.05, 0) is 31.1 Å². The molecule has 46 heavy (non-hydrogen) atoms. The van der Waals surface area contributed by atoms with E-state index in [2.05, 4.69) is 35.2 Å². The number of aryl methyl sites for hydroxylation is 1. The molecule has 7 heterocycles. The molecule has 5 aliphatic rings. The number of ether oxygens (including phenoxy) is 2. The molecule has 3 aliphatic heterocycles. The van der Waals surface area contributed by atoms with Crippen molar-refractivity contribution in [2.24, 2.45) is 11.3 Å². The van der Waals surface area contributed by atoms with E-state index >= 15 is 0 Å². The number of aliphatic hydroxyl groups is 1. The quantitative estimate of drug-likeness (QED) is 0.159. The summed E-state index contributed by atoms with van der Waals surface area (Å²) in [5.74, 6) is 0.208. The third-order valence-electron chi connectivity index (χ3n) is 9.55. The van der Waals surface area contributed by atoms with Gasteiger partial charge in [0, 0.05) is 5.41 Å². The number of aromatic amines is 1. The minimum atomic E-state index is -3.98. The summed E-state index contributed by atoms with van der Waals surface area (Å²) < 4.78 is 39.4. The molecule has 2 saturated carbocycles. The van der Waals surface area contributed by atoms with Crippen LogP contribution in [0.1, 0.15) is 24.5 Å². The van der Waals surface area contributed by atoms with Gasteiger partial charge in [-0.25, -0.2) is 24.6 Å². The monoisotopic (exact) mass is 696 g/mol. The topological polar surface area (TPSA) is 262 Å². The zero-order valence-corrected chi connectivity index (χ0v) is 26.3. The van der Waals surface area contributed by atoms with E-state index in [1.807, 2.05) is 0 Å². The summed E-state index contributed by atoms with van der Waals surface area (Å²) in [7, 11) is -2.59. The number of nitrogen functional groups attached to an aromatic ring is 1. The molecule has 244 valence electrons. The number of hydrogen-bond donors (Lipinski definition) is 5. The van der Waals surface area contributed by atoms with Crippen LogP contribution < -0.4 is 11.3 Å². The first-order valence-corrected chi connectivity index (χ1v) is 17.9. The second kappa shape index (κ2) is 9.94. The van der Waals surface area contributed by atoms with E-state index in [0.29, 0.717) is 23.4 Å². The molecule has 3 unspecified atom stereocenters. The van der Waals surface area contributed by atoms with Gasteiger partial charge in [-0.2, -0.15) is 0 Å². The first kappa shape index (κ1) is 29.5. The van der Waals surface area contributed by atoms with Gasteiger partial charge in [0.1, 0.15) is 47.7 Å². The van der Waals surface area contributed by atoms with Crippen LogP contribution in [0.15, 0.2) is 17.4 Å². The predicted molar refractivity (Wildman–Crippen MR) is 156 cm³/mol. The molecule has 3 saturated heterocycles. The number of aromatic nitrogens is 9. The maximum atomic E-state index is 12.4. The van der Waals surface area contributed by atoms with Crippen LogP contribution in [0, 0.1) is 18.3 Å². The van der Waals surface area contributed by atoms with Crippen LogP contribution in [0.25, 0.3) is 22.3 Å². The molecular weight excluding hydrogens is 670 g/mol. The number of nitrogens with two attached hydrogens (primary N) is 1. The highest BCUT2D eigenvalue weighted by Gasteiger charge is 2.74. The normalized spacial score (nSPS) is 42.0. The van der Waals surface area contributed by atoms with E-state index in [4.69, 9.17) is 45.1 Å². The lowest BCUT2D eigenvalue weighted by Gasteiger charge is -2.35. The van der Waals surface area contributed by atoms with E-state index in [0.717, 1.165) is 0 Å². The van der Waals surface area contributed by atoms with Gasteiger partial charge in [-0.3, -0.25) is 13.9 Å². The Morgan fingerprint density at radius 3 is 2.89 bits per heavy atom. The van der Waals surface area contributed by atoms with E-state index in [-0.39, 0.29) is 42.7 Å². The second-order valence-corrected chi connectivity index (χ2v) is 15.9. The number of imidazole rings is 1. The average Bonchev–Trinajstić information content (AvgIpc) is 3.43. The Hall–Kier alpha value is -2.65. The summed E-state index contributed by atoms with van der Waals surface area (Å²) in [6.07, 6.45) is -1.69. The Bertz CT molecular complexity index is 2010. The highest BCUT2D eigenvalue weighted by Crippen LogP contribution is 2.71. The lowest BCUT2D eigenvalue weighted by atomic mass is 10.0. The molecule has 6 N–H and O–H groups in total. The van der Waals surface area contributed by atoms with Gasteiger partial charge in [-0.15, -0.1) is 5.10 Å². The molecule has 20 nitrogen and oxygen atoms in total. The molecule has 2 aliphatic carbocycles. The predicted octanol–water partition coefficient (Wildman–Crippen LogP) is -0.913. The summed E-state index contributed by atoms with van der Waals surface area (Å²) in [5.41, 5.74) is 4.21. The summed E-state index contributed by atoms with van der Waals surface area (Å²) in [6.45, 7) is -2.84. The number of nitrogens with one attached hydrogen (secondary N) is 1. The van der Waals surface area contributed by atoms with E-state index < -0.39 is 68.6 Å². The number of anilines is 1. The Kier molecular flexibility index (Phi) is 6.37. The molecule has 0 aromatic carbocycles. The molecule has 1 spiro atoms. The van der Waals surface area contributed by atoms with Crippen molar-refractivity contribution in [1.82, 2.24) is 44.5 Å². The molecule has 0 radical (unpaired) electrons. The van der Waals surface area contributed by atoms with E-state index in [9.17, 15) is 19.7 Å². The number of fused-ring (bicyclic) bond motifs is 2. The standard InChI is InChI=1S/C23H26N10O10P2S/c1-8-28-19-11(20(35)29-8)30-31-33(19)12-9-2-22(9)3-40-45(37,46)43-16-14-21(32-7-27-10-17(24)25-6-26-18(10)32)41-23(16,4-38-14)5-39-44(36)42-15(22)13(12)34/h6-7,9,12-16,21,34,36H,2-5H2,1H3,(H,37,46)(H2,24,25,26)(H,28,29,35)/t9-,12-,13+,14-,15+,16+,21-,22?,23-,44?,45?/m1/s1. The van der Waals surface area contributed by atoms with E-state index in [1.54, 1.807) is 11.5 Å². The summed E-state index contributed by atoms with van der Waals surface area (Å²) in [5, 5.41) is 19.7. The molecule has 5 fully saturated rings. The van der Waals surface area contributed by atoms with Crippen LogP contribution in [-0.2, 0) is 39.4 Å². The van der Waals surface area contributed by atoms with Gasteiger partial charge in [0.25, 0.3) is 5.56 Å². The van der Waals surface area contributed by atoms with E-state index in [1.165, 1.54) is 17.3 Å². The van der Waals surface area contributed by atoms with Crippen LogP contribution in [0.5, 0.6) is 0 Å². The van der Waals surface area contributed by atoms with Crippen molar-refractivity contribution in [1.29, 1.82) is 0 Å². The molecule has 23 heteroatoms.